The SMILES string of the molecule is O=C(c1cc(Cl)ncc1Cl)N(CCO)C1CCCC1. The summed E-state index contributed by atoms with van der Waals surface area (Å²) in [5.41, 5.74) is 0.349. The van der Waals surface area contributed by atoms with Crippen molar-refractivity contribution in [3.63, 3.8) is 0 Å². The molecule has 4 nitrogen and oxygen atoms in total. The first-order valence-electron chi connectivity index (χ1n) is 6.36. The number of aliphatic hydroxyl groups is 1. The molecule has 0 atom stereocenters. The van der Waals surface area contributed by atoms with Crippen LogP contribution in [0.5, 0.6) is 0 Å². The van der Waals surface area contributed by atoms with Crippen LogP contribution in [0.25, 0.3) is 0 Å². The Morgan fingerprint density at radius 1 is 1.42 bits per heavy atom. The Hall–Kier alpha value is -0.840. The van der Waals surface area contributed by atoms with Gasteiger partial charge in [0.2, 0.25) is 0 Å². The second kappa shape index (κ2) is 6.55. The molecule has 1 saturated carbocycles. The second-order valence-corrected chi connectivity index (χ2v) is 5.44. The monoisotopic (exact) mass is 302 g/mol. The van der Waals surface area contributed by atoms with Crippen LogP contribution in [0.4, 0.5) is 0 Å². The van der Waals surface area contributed by atoms with Gasteiger partial charge in [-0.2, -0.15) is 0 Å². The number of hydrogen-bond donors (Lipinski definition) is 1. The lowest BCUT2D eigenvalue weighted by atomic mass is 10.1. The average molecular weight is 303 g/mol. The molecule has 104 valence electrons. The summed E-state index contributed by atoms with van der Waals surface area (Å²) in [6.07, 6.45) is 5.56. The molecular weight excluding hydrogens is 287 g/mol. The molecule has 2 rings (SSSR count). The van der Waals surface area contributed by atoms with Gasteiger partial charge in [0.15, 0.2) is 0 Å². The number of pyridine rings is 1. The smallest absolute Gasteiger partial charge is 0.255 e. The van der Waals surface area contributed by atoms with Crippen molar-refractivity contribution in [1.82, 2.24) is 9.88 Å². The summed E-state index contributed by atoms with van der Waals surface area (Å²) < 4.78 is 0. The van der Waals surface area contributed by atoms with Gasteiger partial charge in [-0.15, -0.1) is 0 Å². The van der Waals surface area contributed by atoms with Gasteiger partial charge in [0.25, 0.3) is 5.91 Å². The summed E-state index contributed by atoms with van der Waals surface area (Å²) in [6, 6.07) is 1.66. The highest BCUT2D eigenvalue weighted by Gasteiger charge is 2.28. The zero-order valence-corrected chi connectivity index (χ0v) is 12.0. The van der Waals surface area contributed by atoms with Gasteiger partial charge >= 0.3 is 0 Å². The molecule has 0 radical (unpaired) electrons. The molecule has 1 aliphatic carbocycles. The average Bonchev–Trinajstić information content (AvgIpc) is 2.92. The Morgan fingerprint density at radius 3 is 2.74 bits per heavy atom. The van der Waals surface area contributed by atoms with Crippen molar-refractivity contribution in [2.24, 2.45) is 0 Å². The third-order valence-corrected chi connectivity index (χ3v) is 3.93. The van der Waals surface area contributed by atoms with E-state index in [9.17, 15) is 4.79 Å². The summed E-state index contributed by atoms with van der Waals surface area (Å²) in [5, 5.41) is 9.68. The molecule has 0 bridgehead atoms. The van der Waals surface area contributed by atoms with Crippen LogP contribution in [-0.4, -0.2) is 40.1 Å². The fraction of sp³-hybridized carbons (Fsp3) is 0.538. The lowest BCUT2D eigenvalue weighted by Gasteiger charge is -2.28. The van der Waals surface area contributed by atoms with E-state index in [1.54, 1.807) is 4.90 Å². The highest BCUT2D eigenvalue weighted by atomic mass is 35.5. The van der Waals surface area contributed by atoms with Crippen LogP contribution in [-0.2, 0) is 0 Å². The van der Waals surface area contributed by atoms with Crippen molar-refractivity contribution in [1.29, 1.82) is 0 Å². The molecule has 0 aromatic carbocycles. The van der Waals surface area contributed by atoms with Gasteiger partial charge in [0.1, 0.15) is 5.15 Å². The zero-order valence-electron chi connectivity index (χ0n) is 10.5. The highest BCUT2D eigenvalue weighted by molar-refractivity contribution is 6.35. The van der Waals surface area contributed by atoms with Crippen LogP contribution in [0, 0.1) is 0 Å². The first-order chi connectivity index (χ1) is 9.13. The molecule has 1 aromatic rings. The summed E-state index contributed by atoms with van der Waals surface area (Å²) >= 11 is 11.8. The van der Waals surface area contributed by atoms with E-state index in [2.05, 4.69) is 4.98 Å². The van der Waals surface area contributed by atoms with Gasteiger partial charge in [-0.3, -0.25) is 4.79 Å². The molecule has 1 aromatic heterocycles. The van der Waals surface area contributed by atoms with Crippen molar-refractivity contribution in [2.45, 2.75) is 31.7 Å². The Bertz CT molecular complexity index is 462. The van der Waals surface area contributed by atoms with Crippen LogP contribution in [0.15, 0.2) is 12.3 Å². The number of hydrogen-bond acceptors (Lipinski definition) is 3. The van der Waals surface area contributed by atoms with Crippen LogP contribution in [0.1, 0.15) is 36.0 Å². The minimum absolute atomic E-state index is 0.0569. The quantitative estimate of drug-likeness (QED) is 0.870. The second-order valence-electron chi connectivity index (χ2n) is 4.65. The Morgan fingerprint density at radius 2 is 2.11 bits per heavy atom. The summed E-state index contributed by atoms with van der Waals surface area (Å²) in [6.45, 7) is 0.262. The molecule has 0 spiro atoms. The fourth-order valence-corrected chi connectivity index (χ4v) is 2.85. The maximum Gasteiger partial charge on any atom is 0.255 e. The first kappa shape index (κ1) is 14.6. The third-order valence-electron chi connectivity index (χ3n) is 3.42. The van der Waals surface area contributed by atoms with Gasteiger partial charge in [-0.05, 0) is 18.9 Å². The van der Waals surface area contributed by atoms with Gasteiger partial charge in [0.05, 0.1) is 17.2 Å². The van der Waals surface area contributed by atoms with Crippen LogP contribution < -0.4 is 0 Å². The van der Waals surface area contributed by atoms with E-state index in [0.717, 1.165) is 25.7 Å². The van der Waals surface area contributed by atoms with Gasteiger partial charge < -0.3 is 10.0 Å². The first-order valence-corrected chi connectivity index (χ1v) is 7.12. The summed E-state index contributed by atoms with van der Waals surface area (Å²) in [5.74, 6) is -0.185. The largest absolute Gasteiger partial charge is 0.395 e. The molecule has 6 heteroatoms. The van der Waals surface area contributed by atoms with Crippen LogP contribution in [0.2, 0.25) is 10.2 Å². The minimum Gasteiger partial charge on any atom is -0.395 e. The number of carbonyl (C=O) groups excluding carboxylic acids is 1. The molecule has 1 N–H and O–H groups in total. The molecule has 1 amide bonds. The maximum atomic E-state index is 12.5. The normalized spacial score (nSPS) is 15.7. The van der Waals surface area contributed by atoms with E-state index in [-0.39, 0.29) is 28.7 Å². The van der Waals surface area contributed by atoms with E-state index in [1.165, 1.54) is 12.3 Å². The molecule has 1 heterocycles. The summed E-state index contributed by atoms with van der Waals surface area (Å²) in [7, 11) is 0. The lowest BCUT2D eigenvalue weighted by Crippen LogP contribution is -2.40. The van der Waals surface area contributed by atoms with E-state index in [4.69, 9.17) is 28.3 Å². The van der Waals surface area contributed by atoms with E-state index >= 15 is 0 Å². The van der Waals surface area contributed by atoms with Crippen molar-refractivity contribution in [3.05, 3.63) is 28.0 Å². The molecule has 0 saturated heterocycles. The lowest BCUT2D eigenvalue weighted by molar-refractivity contribution is 0.0638. The highest BCUT2D eigenvalue weighted by Crippen LogP contribution is 2.27. The molecule has 1 aliphatic rings. The number of carbonyl (C=O) groups is 1. The topological polar surface area (TPSA) is 53.4 Å². The fourth-order valence-electron chi connectivity index (χ4n) is 2.51. The van der Waals surface area contributed by atoms with Crippen molar-refractivity contribution < 1.29 is 9.90 Å². The number of amides is 1. The predicted octanol–water partition coefficient (Wildman–Crippen LogP) is 2.77. The van der Waals surface area contributed by atoms with Crippen molar-refractivity contribution >= 4 is 29.1 Å². The Labute approximate surface area is 122 Å². The minimum atomic E-state index is -0.185. The van der Waals surface area contributed by atoms with Gasteiger partial charge in [-0.25, -0.2) is 4.98 Å². The summed E-state index contributed by atoms with van der Waals surface area (Å²) in [4.78, 5) is 18.1. The Kier molecular flexibility index (Phi) is 5.02. The van der Waals surface area contributed by atoms with Gasteiger partial charge in [-0.1, -0.05) is 36.0 Å². The number of aliphatic hydroxyl groups excluding tert-OH is 1. The van der Waals surface area contributed by atoms with Crippen molar-refractivity contribution in [3.8, 4) is 0 Å². The molecule has 1 fully saturated rings. The predicted molar refractivity (Wildman–Crippen MR) is 74.6 cm³/mol. The zero-order chi connectivity index (χ0) is 13.8. The van der Waals surface area contributed by atoms with E-state index in [1.807, 2.05) is 0 Å². The standard InChI is InChI=1S/C13H16Cl2N2O2/c14-11-8-16-12(15)7-10(11)13(19)17(5-6-18)9-3-1-2-4-9/h7-9,18H,1-6H2. The number of nitrogens with zero attached hydrogens (tertiary/aromatic N) is 2. The van der Waals surface area contributed by atoms with Crippen molar-refractivity contribution in [2.75, 3.05) is 13.2 Å². The Balaban J connectivity index is 2.25. The van der Waals surface area contributed by atoms with Gasteiger partial charge in [0, 0.05) is 18.8 Å². The molecule has 19 heavy (non-hydrogen) atoms. The maximum absolute atomic E-state index is 12.5. The molecular formula is C13H16Cl2N2O2. The third kappa shape index (κ3) is 3.38. The van der Waals surface area contributed by atoms with Crippen LogP contribution in [0.3, 0.4) is 0 Å². The number of halogens is 2. The molecule has 0 unspecified atom stereocenters. The number of aromatic nitrogens is 1. The molecule has 0 aliphatic heterocycles. The number of rotatable bonds is 4. The van der Waals surface area contributed by atoms with E-state index in [0.29, 0.717) is 12.1 Å². The van der Waals surface area contributed by atoms with E-state index < -0.39 is 0 Å². The van der Waals surface area contributed by atoms with Crippen LogP contribution >= 0.6 is 23.2 Å².